The molecule has 0 radical (unpaired) electrons. The average molecular weight is 178 g/mol. The van der Waals surface area contributed by atoms with Crippen molar-refractivity contribution in [1.29, 1.82) is 0 Å². The van der Waals surface area contributed by atoms with Crippen molar-refractivity contribution in [2.45, 2.75) is 19.3 Å². The second kappa shape index (κ2) is 4.50. The molecule has 0 spiro atoms. The molecule has 0 aliphatic heterocycles. The van der Waals surface area contributed by atoms with E-state index in [4.69, 9.17) is 11.5 Å². The molecule has 3 heteroatoms. The Kier molecular flexibility index (Phi) is 3.31. The first-order valence-corrected chi connectivity index (χ1v) is 4.31. The van der Waals surface area contributed by atoms with Gasteiger partial charge in [0, 0.05) is 12.1 Å². The topological polar surface area (TPSA) is 69.1 Å². The van der Waals surface area contributed by atoms with Gasteiger partial charge in [0.2, 0.25) is 5.91 Å². The van der Waals surface area contributed by atoms with Gasteiger partial charge in [-0.25, -0.2) is 0 Å². The molecule has 1 aromatic rings. The van der Waals surface area contributed by atoms with Crippen molar-refractivity contribution in [3.63, 3.8) is 0 Å². The Morgan fingerprint density at radius 2 is 1.85 bits per heavy atom. The molecule has 0 heterocycles. The van der Waals surface area contributed by atoms with E-state index < -0.39 is 0 Å². The Balaban J connectivity index is 2.37. The van der Waals surface area contributed by atoms with Gasteiger partial charge in [0.05, 0.1) is 0 Å². The van der Waals surface area contributed by atoms with Crippen LogP contribution in [0.25, 0.3) is 0 Å². The number of hydrogen-bond donors (Lipinski definition) is 2. The van der Waals surface area contributed by atoms with Crippen molar-refractivity contribution in [1.82, 2.24) is 0 Å². The van der Waals surface area contributed by atoms with Crippen LogP contribution < -0.4 is 11.5 Å². The van der Waals surface area contributed by atoms with E-state index in [0.29, 0.717) is 6.42 Å². The highest BCUT2D eigenvalue weighted by Gasteiger charge is 1.96. The standard InChI is InChI=1S/C10H14N2O/c11-9-6-4-8(5-7-9)2-1-3-10(12)13/h4-7H,1-3,11H2,(H2,12,13). The van der Waals surface area contributed by atoms with Crippen LogP contribution in [0.4, 0.5) is 5.69 Å². The molecule has 1 amide bonds. The van der Waals surface area contributed by atoms with Gasteiger partial charge in [0.15, 0.2) is 0 Å². The number of nitrogen functional groups attached to an aromatic ring is 1. The Morgan fingerprint density at radius 3 is 2.38 bits per heavy atom. The molecule has 0 aliphatic rings. The summed E-state index contributed by atoms with van der Waals surface area (Å²) in [6.45, 7) is 0. The van der Waals surface area contributed by atoms with Crippen molar-refractivity contribution in [2.24, 2.45) is 5.73 Å². The third-order valence-corrected chi connectivity index (χ3v) is 1.87. The summed E-state index contributed by atoms with van der Waals surface area (Å²) in [7, 11) is 0. The van der Waals surface area contributed by atoms with Crippen molar-refractivity contribution < 1.29 is 4.79 Å². The summed E-state index contributed by atoms with van der Waals surface area (Å²) in [4.78, 5) is 10.4. The molecule has 4 N–H and O–H groups in total. The third kappa shape index (κ3) is 3.60. The zero-order valence-electron chi connectivity index (χ0n) is 7.49. The van der Waals surface area contributed by atoms with E-state index >= 15 is 0 Å². The minimum atomic E-state index is -0.240. The monoisotopic (exact) mass is 178 g/mol. The van der Waals surface area contributed by atoms with Crippen LogP contribution in [0.1, 0.15) is 18.4 Å². The van der Waals surface area contributed by atoms with E-state index in [1.807, 2.05) is 24.3 Å². The van der Waals surface area contributed by atoms with Gasteiger partial charge >= 0.3 is 0 Å². The van der Waals surface area contributed by atoms with Gasteiger partial charge in [-0.2, -0.15) is 0 Å². The maximum Gasteiger partial charge on any atom is 0.217 e. The van der Waals surface area contributed by atoms with Crippen molar-refractivity contribution in [3.8, 4) is 0 Å². The summed E-state index contributed by atoms with van der Waals surface area (Å²) in [5, 5.41) is 0. The van der Waals surface area contributed by atoms with Gasteiger partial charge in [-0.15, -0.1) is 0 Å². The molecule has 0 unspecified atom stereocenters. The Hall–Kier alpha value is -1.51. The van der Waals surface area contributed by atoms with Crippen LogP contribution >= 0.6 is 0 Å². The zero-order valence-corrected chi connectivity index (χ0v) is 7.49. The summed E-state index contributed by atoms with van der Waals surface area (Å²) < 4.78 is 0. The number of anilines is 1. The Morgan fingerprint density at radius 1 is 1.23 bits per heavy atom. The lowest BCUT2D eigenvalue weighted by Gasteiger charge is -1.99. The fourth-order valence-corrected chi connectivity index (χ4v) is 1.15. The predicted octanol–water partition coefficient (Wildman–Crippen LogP) is 1.08. The molecule has 1 aromatic carbocycles. The van der Waals surface area contributed by atoms with Crippen LogP contribution in [0.2, 0.25) is 0 Å². The number of rotatable bonds is 4. The average Bonchev–Trinajstić information content (AvgIpc) is 2.08. The normalized spacial score (nSPS) is 9.85. The lowest BCUT2D eigenvalue weighted by molar-refractivity contribution is -0.118. The third-order valence-electron chi connectivity index (χ3n) is 1.87. The summed E-state index contributed by atoms with van der Waals surface area (Å²) in [6, 6.07) is 7.66. The summed E-state index contributed by atoms with van der Waals surface area (Å²) in [6.07, 6.45) is 2.13. The van der Waals surface area contributed by atoms with Gasteiger partial charge < -0.3 is 11.5 Å². The van der Waals surface area contributed by atoms with Crippen LogP contribution in [0.5, 0.6) is 0 Å². The quantitative estimate of drug-likeness (QED) is 0.677. The summed E-state index contributed by atoms with van der Waals surface area (Å²) in [5.41, 5.74) is 12.5. The van der Waals surface area contributed by atoms with E-state index in [-0.39, 0.29) is 5.91 Å². The molecule has 0 atom stereocenters. The maximum absolute atomic E-state index is 10.4. The molecule has 0 saturated carbocycles. The van der Waals surface area contributed by atoms with Gasteiger partial charge in [-0.3, -0.25) is 4.79 Å². The fraction of sp³-hybridized carbons (Fsp3) is 0.300. The fourth-order valence-electron chi connectivity index (χ4n) is 1.15. The Labute approximate surface area is 77.7 Å². The number of primary amides is 1. The van der Waals surface area contributed by atoms with Crippen LogP contribution in [0, 0.1) is 0 Å². The van der Waals surface area contributed by atoms with Crippen LogP contribution in [0.3, 0.4) is 0 Å². The van der Waals surface area contributed by atoms with Crippen LogP contribution in [0.15, 0.2) is 24.3 Å². The van der Waals surface area contributed by atoms with Gasteiger partial charge in [0.1, 0.15) is 0 Å². The lowest BCUT2D eigenvalue weighted by Crippen LogP contribution is -2.10. The molecular weight excluding hydrogens is 164 g/mol. The number of carbonyl (C=O) groups is 1. The summed E-state index contributed by atoms with van der Waals surface area (Å²) >= 11 is 0. The highest BCUT2D eigenvalue weighted by Crippen LogP contribution is 2.08. The van der Waals surface area contributed by atoms with E-state index in [1.54, 1.807) is 0 Å². The van der Waals surface area contributed by atoms with Crippen molar-refractivity contribution in [3.05, 3.63) is 29.8 Å². The minimum absolute atomic E-state index is 0.240. The SMILES string of the molecule is NC(=O)CCCc1ccc(N)cc1. The molecule has 70 valence electrons. The smallest absolute Gasteiger partial charge is 0.217 e. The van der Waals surface area contributed by atoms with Gasteiger partial charge in [-0.05, 0) is 30.5 Å². The van der Waals surface area contributed by atoms with Gasteiger partial charge in [-0.1, -0.05) is 12.1 Å². The maximum atomic E-state index is 10.4. The van der Waals surface area contributed by atoms with E-state index in [2.05, 4.69) is 0 Å². The first-order chi connectivity index (χ1) is 6.18. The van der Waals surface area contributed by atoms with E-state index in [9.17, 15) is 4.79 Å². The molecule has 0 bridgehead atoms. The molecule has 13 heavy (non-hydrogen) atoms. The number of hydrogen-bond acceptors (Lipinski definition) is 2. The number of nitrogens with two attached hydrogens (primary N) is 2. The highest BCUT2D eigenvalue weighted by molar-refractivity contribution is 5.73. The van der Waals surface area contributed by atoms with E-state index in [0.717, 1.165) is 18.5 Å². The largest absolute Gasteiger partial charge is 0.399 e. The highest BCUT2D eigenvalue weighted by atomic mass is 16.1. The number of aryl methyl sites for hydroxylation is 1. The second-order valence-corrected chi connectivity index (χ2v) is 3.06. The molecule has 0 fully saturated rings. The zero-order chi connectivity index (χ0) is 9.68. The first kappa shape index (κ1) is 9.58. The molecular formula is C10H14N2O. The molecule has 0 aliphatic carbocycles. The van der Waals surface area contributed by atoms with Crippen molar-refractivity contribution >= 4 is 11.6 Å². The van der Waals surface area contributed by atoms with Crippen LogP contribution in [-0.4, -0.2) is 5.91 Å². The first-order valence-electron chi connectivity index (χ1n) is 4.31. The summed E-state index contributed by atoms with van der Waals surface area (Å²) in [5.74, 6) is -0.240. The lowest BCUT2D eigenvalue weighted by atomic mass is 10.1. The van der Waals surface area contributed by atoms with Crippen LogP contribution in [-0.2, 0) is 11.2 Å². The predicted molar refractivity (Wildman–Crippen MR) is 53.0 cm³/mol. The molecule has 0 saturated heterocycles. The second-order valence-electron chi connectivity index (χ2n) is 3.06. The Bertz CT molecular complexity index is 279. The minimum Gasteiger partial charge on any atom is -0.399 e. The van der Waals surface area contributed by atoms with Gasteiger partial charge in [0.25, 0.3) is 0 Å². The number of amides is 1. The number of benzene rings is 1. The molecule has 3 nitrogen and oxygen atoms in total. The van der Waals surface area contributed by atoms with E-state index in [1.165, 1.54) is 5.56 Å². The number of carbonyl (C=O) groups excluding carboxylic acids is 1. The molecule has 0 aromatic heterocycles. The van der Waals surface area contributed by atoms with Crippen molar-refractivity contribution in [2.75, 3.05) is 5.73 Å². The molecule has 1 rings (SSSR count).